The number of hydrogen-bond donors (Lipinski definition) is 5. The second kappa shape index (κ2) is 15.4. The van der Waals surface area contributed by atoms with Gasteiger partial charge in [0.05, 0.1) is 27.3 Å². The van der Waals surface area contributed by atoms with E-state index in [1.165, 1.54) is 16.5 Å². The highest BCUT2D eigenvalue weighted by Gasteiger charge is 2.20. The van der Waals surface area contributed by atoms with Crippen molar-refractivity contribution in [2.45, 2.75) is 26.3 Å². The molecular weight excluding hydrogens is 590 g/mol. The predicted octanol–water partition coefficient (Wildman–Crippen LogP) is 6.88. The summed E-state index contributed by atoms with van der Waals surface area (Å²) in [6, 6.07) is 26.9. The summed E-state index contributed by atoms with van der Waals surface area (Å²) >= 11 is 0. The third kappa shape index (κ3) is 8.04. The van der Waals surface area contributed by atoms with E-state index in [0.717, 1.165) is 22.0 Å². The van der Waals surface area contributed by atoms with Gasteiger partial charge in [-0.15, -0.1) is 0 Å². The minimum absolute atomic E-state index is 0.0522. The molecule has 0 fully saturated rings. The zero-order chi connectivity index (χ0) is 33.2. The van der Waals surface area contributed by atoms with E-state index in [-0.39, 0.29) is 36.4 Å². The molecule has 3 heterocycles. The molecule has 3 aromatic carbocycles. The highest BCUT2D eigenvalue weighted by Crippen LogP contribution is 2.26. The SMILES string of the molecule is COc1ccc(CN(C(=N)CCc2c[nH]c3ccccc23)C(=N)CNC(=O)c2ccccn2)c(OC)c1.Cc1c[nH]c2ccccc12. The number of benzene rings is 3. The Morgan fingerprint density at radius 3 is 2.23 bits per heavy atom. The average Bonchev–Trinajstić information content (AvgIpc) is 3.72. The fourth-order valence-electron chi connectivity index (χ4n) is 5.30. The normalized spacial score (nSPS) is 10.6. The maximum Gasteiger partial charge on any atom is 0.270 e. The summed E-state index contributed by atoms with van der Waals surface area (Å²) in [4.78, 5) is 24.6. The minimum atomic E-state index is -0.377. The molecule has 10 nitrogen and oxygen atoms in total. The van der Waals surface area contributed by atoms with Crippen molar-refractivity contribution in [2.24, 2.45) is 0 Å². The van der Waals surface area contributed by atoms with Gasteiger partial charge in [-0.05, 0) is 60.9 Å². The molecule has 47 heavy (non-hydrogen) atoms. The molecule has 0 atom stereocenters. The lowest BCUT2D eigenvalue weighted by molar-refractivity contribution is 0.0953. The summed E-state index contributed by atoms with van der Waals surface area (Å²) in [5.74, 6) is 1.22. The van der Waals surface area contributed by atoms with E-state index in [1.54, 1.807) is 49.6 Å². The smallest absolute Gasteiger partial charge is 0.270 e. The first kappa shape index (κ1) is 32.5. The molecule has 0 bridgehead atoms. The number of ether oxygens (including phenoxy) is 2. The van der Waals surface area contributed by atoms with Crippen LogP contribution in [-0.2, 0) is 13.0 Å². The standard InChI is InChI=1S/C28H30N6O3.C9H9N/c1-36-21-12-10-20(25(15-21)37-2)18-34(27(30)17-33-28(35)24-9-5-6-14-31-24)26(29)13-11-19-16-32-23-8-4-3-7-22(19)23;1-7-6-10-9-5-3-2-4-8(7)9/h3-10,12,14-16,29-30,32H,11,13,17-18H2,1-2H3,(H,33,35);2-6,10H,1H3. The average molecular weight is 630 g/mol. The molecule has 0 saturated carbocycles. The molecule has 5 N–H and O–H groups in total. The van der Waals surface area contributed by atoms with E-state index in [4.69, 9.17) is 20.3 Å². The van der Waals surface area contributed by atoms with Crippen molar-refractivity contribution >= 4 is 39.4 Å². The van der Waals surface area contributed by atoms with Crippen molar-refractivity contribution in [3.05, 3.63) is 126 Å². The lowest BCUT2D eigenvalue weighted by atomic mass is 10.1. The second-order valence-corrected chi connectivity index (χ2v) is 10.9. The van der Waals surface area contributed by atoms with Crippen LogP contribution < -0.4 is 14.8 Å². The molecule has 0 aliphatic rings. The van der Waals surface area contributed by atoms with E-state index >= 15 is 0 Å². The van der Waals surface area contributed by atoms with E-state index < -0.39 is 0 Å². The Morgan fingerprint density at radius 1 is 0.830 bits per heavy atom. The van der Waals surface area contributed by atoms with Crippen molar-refractivity contribution in [3.8, 4) is 11.5 Å². The van der Waals surface area contributed by atoms with Crippen LogP contribution in [0.5, 0.6) is 11.5 Å². The van der Waals surface area contributed by atoms with E-state index in [0.29, 0.717) is 24.3 Å². The second-order valence-electron chi connectivity index (χ2n) is 10.9. The van der Waals surface area contributed by atoms with Gasteiger partial charge in [0.2, 0.25) is 0 Å². The van der Waals surface area contributed by atoms with Crippen LogP contribution in [0.1, 0.15) is 33.6 Å². The van der Waals surface area contributed by atoms with E-state index in [2.05, 4.69) is 51.5 Å². The molecule has 6 rings (SSSR count). The van der Waals surface area contributed by atoms with Crippen LogP contribution in [0.3, 0.4) is 0 Å². The molecule has 10 heteroatoms. The maximum absolute atomic E-state index is 12.5. The van der Waals surface area contributed by atoms with Gasteiger partial charge in [-0.1, -0.05) is 42.5 Å². The molecule has 1 amide bonds. The number of amidine groups is 2. The number of nitrogens with one attached hydrogen (secondary N) is 5. The molecule has 0 saturated heterocycles. The number of carbonyl (C=O) groups is 1. The minimum Gasteiger partial charge on any atom is -0.497 e. The first-order valence-corrected chi connectivity index (χ1v) is 15.3. The zero-order valence-electron chi connectivity index (χ0n) is 26.8. The van der Waals surface area contributed by atoms with Crippen LogP contribution >= 0.6 is 0 Å². The van der Waals surface area contributed by atoms with Gasteiger partial charge in [-0.25, -0.2) is 0 Å². The molecule has 240 valence electrons. The van der Waals surface area contributed by atoms with Gasteiger partial charge in [-0.3, -0.25) is 20.6 Å². The molecule has 6 aromatic rings. The predicted molar refractivity (Wildman–Crippen MR) is 187 cm³/mol. The largest absolute Gasteiger partial charge is 0.497 e. The lowest BCUT2D eigenvalue weighted by Gasteiger charge is -2.27. The van der Waals surface area contributed by atoms with Gasteiger partial charge < -0.3 is 29.7 Å². The molecule has 0 aliphatic carbocycles. The van der Waals surface area contributed by atoms with Crippen molar-refractivity contribution < 1.29 is 14.3 Å². The number of nitrogens with zero attached hydrogens (tertiary/aromatic N) is 2. The third-order valence-corrected chi connectivity index (χ3v) is 7.89. The fourth-order valence-corrected chi connectivity index (χ4v) is 5.30. The Bertz CT molecular complexity index is 1980. The Kier molecular flexibility index (Phi) is 10.6. The van der Waals surface area contributed by atoms with E-state index in [1.807, 2.05) is 48.8 Å². The highest BCUT2D eigenvalue weighted by atomic mass is 16.5. The van der Waals surface area contributed by atoms with Gasteiger partial charge in [0.25, 0.3) is 5.91 Å². The number of fused-ring (bicyclic) bond motifs is 2. The lowest BCUT2D eigenvalue weighted by Crippen LogP contribution is -2.42. The summed E-state index contributed by atoms with van der Waals surface area (Å²) in [5.41, 5.74) is 5.76. The number of amides is 1. The highest BCUT2D eigenvalue weighted by molar-refractivity contribution is 6.01. The molecule has 3 aromatic heterocycles. The quantitative estimate of drug-likeness (QED) is 0.0830. The number of hydrogen-bond acceptors (Lipinski definition) is 6. The summed E-state index contributed by atoms with van der Waals surface area (Å²) in [6.45, 7) is 2.29. The van der Waals surface area contributed by atoms with Gasteiger partial charge in [0.1, 0.15) is 28.9 Å². The van der Waals surface area contributed by atoms with E-state index in [9.17, 15) is 4.79 Å². The summed E-state index contributed by atoms with van der Waals surface area (Å²) in [6.07, 6.45) is 6.59. The Balaban J connectivity index is 0.000000365. The summed E-state index contributed by atoms with van der Waals surface area (Å²) < 4.78 is 10.8. The number of para-hydroxylation sites is 2. The van der Waals surface area contributed by atoms with Crippen LogP contribution in [-0.4, -0.2) is 58.2 Å². The first-order valence-electron chi connectivity index (χ1n) is 15.3. The van der Waals surface area contributed by atoms with Crippen LogP contribution in [0.25, 0.3) is 21.8 Å². The number of aromatic nitrogens is 3. The molecule has 0 radical (unpaired) electrons. The number of aryl methyl sites for hydroxylation is 2. The summed E-state index contributed by atoms with van der Waals surface area (Å²) in [5, 5.41) is 22.8. The van der Waals surface area contributed by atoms with Gasteiger partial charge >= 0.3 is 0 Å². The van der Waals surface area contributed by atoms with Crippen molar-refractivity contribution in [3.63, 3.8) is 0 Å². The fraction of sp³-hybridized carbons (Fsp3) is 0.189. The summed E-state index contributed by atoms with van der Waals surface area (Å²) in [7, 11) is 3.16. The number of rotatable bonds is 10. The van der Waals surface area contributed by atoms with Crippen molar-refractivity contribution in [2.75, 3.05) is 20.8 Å². The first-order chi connectivity index (χ1) is 22.9. The Hall–Kier alpha value is -5.90. The molecule has 0 spiro atoms. The number of methoxy groups -OCH3 is 2. The van der Waals surface area contributed by atoms with Crippen LogP contribution in [0.15, 0.2) is 104 Å². The molecule has 0 unspecified atom stereocenters. The Morgan fingerprint density at radius 2 is 1.53 bits per heavy atom. The van der Waals surface area contributed by atoms with Gasteiger partial charge in [0, 0.05) is 58.4 Å². The number of aromatic amines is 2. The third-order valence-electron chi connectivity index (χ3n) is 7.89. The number of pyridine rings is 1. The van der Waals surface area contributed by atoms with Crippen LogP contribution in [0.4, 0.5) is 0 Å². The van der Waals surface area contributed by atoms with Gasteiger partial charge in [0.15, 0.2) is 0 Å². The van der Waals surface area contributed by atoms with Crippen molar-refractivity contribution in [1.29, 1.82) is 10.8 Å². The van der Waals surface area contributed by atoms with Gasteiger partial charge in [-0.2, -0.15) is 0 Å². The monoisotopic (exact) mass is 629 g/mol. The topological polar surface area (TPSA) is 143 Å². The maximum atomic E-state index is 12.5. The Labute approximate surface area is 273 Å². The molecular formula is C37H39N7O3. The van der Waals surface area contributed by atoms with Crippen LogP contribution in [0.2, 0.25) is 0 Å². The molecule has 0 aliphatic heterocycles. The zero-order valence-corrected chi connectivity index (χ0v) is 26.8. The number of carbonyl (C=O) groups excluding carboxylic acids is 1. The number of H-pyrrole nitrogens is 2. The van der Waals surface area contributed by atoms with Crippen LogP contribution in [0, 0.1) is 17.7 Å². The van der Waals surface area contributed by atoms with Crippen molar-refractivity contribution in [1.82, 2.24) is 25.2 Å².